The zero-order valence-electron chi connectivity index (χ0n) is 16.0. The number of carbonyl (C=O) groups excluding carboxylic acids is 2. The molecule has 1 fully saturated rings. The Morgan fingerprint density at radius 3 is 2.48 bits per heavy atom. The van der Waals surface area contributed by atoms with Gasteiger partial charge < -0.3 is 10.1 Å². The summed E-state index contributed by atoms with van der Waals surface area (Å²) in [6.07, 6.45) is 1.62. The van der Waals surface area contributed by atoms with Crippen molar-refractivity contribution in [2.45, 2.75) is 37.6 Å². The SMILES string of the molecule is Cc1cc(Br)ccc1NC(=O)COC(=O)c1cc(S(=O)(=O)NC2CC2)ccc1C. The highest BCUT2D eigenvalue weighted by atomic mass is 79.9. The summed E-state index contributed by atoms with van der Waals surface area (Å²) in [5, 5.41) is 2.68. The van der Waals surface area contributed by atoms with Crippen molar-refractivity contribution < 1.29 is 22.7 Å². The molecule has 0 unspecified atom stereocenters. The minimum atomic E-state index is -3.69. The number of rotatable bonds is 7. The Labute approximate surface area is 178 Å². The van der Waals surface area contributed by atoms with Crippen LogP contribution in [0, 0.1) is 13.8 Å². The van der Waals surface area contributed by atoms with E-state index < -0.39 is 28.5 Å². The summed E-state index contributed by atoms with van der Waals surface area (Å²) < 4.78 is 33.3. The van der Waals surface area contributed by atoms with Gasteiger partial charge in [0.15, 0.2) is 6.61 Å². The largest absolute Gasteiger partial charge is 0.452 e. The van der Waals surface area contributed by atoms with E-state index in [2.05, 4.69) is 26.0 Å². The van der Waals surface area contributed by atoms with Crippen LogP contribution in [0.1, 0.15) is 34.3 Å². The van der Waals surface area contributed by atoms with Gasteiger partial charge in [0.05, 0.1) is 10.5 Å². The normalized spacial score (nSPS) is 13.8. The van der Waals surface area contributed by atoms with Gasteiger partial charge in [0.2, 0.25) is 10.0 Å². The molecule has 0 heterocycles. The predicted octanol–water partition coefficient (Wildman–Crippen LogP) is 3.30. The molecule has 0 spiro atoms. The average Bonchev–Trinajstić information content (AvgIpc) is 3.45. The molecule has 0 atom stereocenters. The standard InChI is InChI=1S/C20H21BrN2O5S/c1-12-3-7-16(29(26,27)23-15-5-6-15)10-17(12)20(25)28-11-19(24)22-18-8-4-14(21)9-13(18)2/h3-4,7-10,15,23H,5-6,11H2,1-2H3,(H,22,24). The molecule has 0 aromatic heterocycles. The topological polar surface area (TPSA) is 102 Å². The van der Waals surface area contributed by atoms with Crippen molar-refractivity contribution >= 4 is 43.5 Å². The highest BCUT2D eigenvalue weighted by molar-refractivity contribution is 9.10. The summed E-state index contributed by atoms with van der Waals surface area (Å²) >= 11 is 3.35. The molecule has 2 aromatic rings. The number of benzene rings is 2. The number of nitrogens with one attached hydrogen (secondary N) is 2. The Morgan fingerprint density at radius 2 is 1.83 bits per heavy atom. The van der Waals surface area contributed by atoms with E-state index in [0.717, 1.165) is 22.9 Å². The molecular formula is C20H21BrN2O5S. The van der Waals surface area contributed by atoms with Crippen molar-refractivity contribution in [1.82, 2.24) is 4.72 Å². The lowest BCUT2D eigenvalue weighted by Gasteiger charge is -2.11. The summed E-state index contributed by atoms with van der Waals surface area (Å²) in [7, 11) is -3.69. The molecule has 1 aliphatic rings. The number of anilines is 1. The lowest BCUT2D eigenvalue weighted by atomic mass is 10.1. The third kappa shape index (κ3) is 5.65. The van der Waals surface area contributed by atoms with Crippen molar-refractivity contribution in [2.24, 2.45) is 0 Å². The van der Waals surface area contributed by atoms with E-state index in [1.54, 1.807) is 25.1 Å². The van der Waals surface area contributed by atoms with Crippen molar-refractivity contribution in [3.63, 3.8) is 0 Å². The molecule has 2 aromatic carbocycles. The highest BCUT2D eigenvalue weighted by Crippen LogP contribution is 2.24. The van der Waals surface area contributed by atoms with Gasteiger partial charge in [0.1, 0.15) is 0 Å². The summed E-state index contributed by atoms with van der Waals surface area (Å²) in [5.41, 5.74) is 2.14. The second kappa shape index (κ2) is 8.64. The van der Waals surface area contributed by atoms with Crippen molar-refractivity contribution in [3.8, 4) is 0 Å². The molecule has 0 bridgehead atoms. The lowest BCUT2D eigenvalue weighted by molar-refractivity contribution is -0.119. The van der Waals surface area contributed by atoms with E-state index in [1.165, 1.54) is 12.1 Å². The van der Waals surface area contributed by atoms with Crippen LogP contribution in [-0.4, -0.2) is 32.9 Å². The molecule has 3 rings (SSSR count). The number of ether oxygens (including phenoxy) is 1. The van der Waals surface area contributed by atoms with Crippen molar-refractivity contribution in [3.05, 3.63) is 57.6 Å². The molecule has 9 heteroatoms. The first-order chi connectivity index (χ1) is 13.7. The Kier molecular flexibility index (Phi) is 6.40. The first-order valence-electron chi connectivity index (χ1n) is 9.02. The molecule has 1 aliphatic carbocycles. The van der Waals surface area contributed by atoms with Crippen LogP contribution in [0.4, 0.5) is 5.69 Å². The Bertz CT molecular complexity index is 1060. The predicted molar refractivity (Wildman–Crippen MR) is 112 cm³/mol. The molecule has 1 amide bonds. The summed E-state index contributed by atoms with van der Waals surface area (Å²) in [6, 6.07) is 9.61. The zero-order valence-corrected chi connectivity index (χ0v) is 18.4. The van der Waals surface area contributed by atoms with Gasteiger partial charge in [0, 0.05) is 16.2 Å². The highest BCUT2D eigenvalue weighted by Gasteiger charge is 2.28. The van der Waals surface area contributed by atoms with Gasteiger partial charge in [0.25, 0.3) is 5.91 Å². The van der Waals surface area contributed by atoms with Gasteiger partial charge in [-0.1, -0.05) is 22.0 Å². The average molecular weight is 481 g/mol. The smallest absolute Gasteiger partial charge is 0.338 e. The van der Waals surface area contributed by atoms with Gasteiger partial charge >= 0.3 is 5.97 Å². The maximum atomic E-state index is 12.4. The van der Waals surface area contributed by atoms with Crippen LogP contribution in [0.25, 0.3) is 0 Å². The number of amides is 1. The van der Waals surface area contributed by atoms with Gasteiger partial charge in [-0.2, -0.15) is 0 Å². The molecule has 29 heavy (non-hydrogen) atoms. The molecule has 0 aliphatic heterocycles. The summed E-state index contributed by atoms with van der Waals surface area (Å²) in [5.74, 6) is -1.24. The van der Waals surface area contributed by atoms with Crippen LogP contribution in [-0.2, 0) is 19.6 Å². The quantitative estimate of drug-likeness (QED) is 0.591. The fraction of sp³-hybridized carbons (Fsp3) is 0.300. The number of carbonyl (C=O) groups is 2. The second-order valence-electron chi connectivity index (χ2n) is 6.96. The van der Waals surface area contributed by atoms with E-state index in [9.17, 15) is 18.0 Å². The molecule has 7 nitrogen and oxygen atoms in total. The number of aryl methyl sites for hydroxylation is 2. The summed E-state index contributed by atoms with van der Waals surface area (Å²) in [4.78, 5) is 24.5. The molecule has 1 saturated carbocycles. The molecular weight excluding hydrogens is 460 g/mol. The van der Waals surface area contributed by atoms with Crippen LogP contribution in [0.5, 0.6) is 0 Å². The minimum Gasteiger partial charge on any atom is -0.452 e. The number of esters is 1. The lowest BCUT2D eigenvalue weighted by Crippen LogP contribution is -2.26. The van der Waals surface area contributed by atoms with Gasteiger partial charge in [-0.15, -0.1) is 0 Å². The molecule has 154 valence electrons. The monoisotopic (exact) mass is 480 g/mol. The molecule has 2 N–H and O–H groups in total. The second-order valence-corrected chi connectivity index (χ2v) is 9.59. The van der Waals surface area contributed by atoms with Crippen LogP contribution >= 0.6 is 15.9 Å². The van der Waals surface area contributed by atoms with Crippen molar-refractivity contribution in [1.29, 1.82) is 0 Å². The van der Waals surface area contributed by atoms with Crippen LogP contribution in [0.3, 0.4) is 0 Å². The maximum Gasteiger partial charge on any atom is 0.338 e. The number of hydrogen-bond acceptors (Lipinski definition) is 5. The van der Waals surface area contributed by atoms with E-state index in [4.69, 9.17) is 4.74 Å². The van der Waals surface area contributed by atoms with Crippen LogP contribution in [0.15, 0.2) is 45.8 Å². The Morgan fingerprint density at radius 1 is 1.10 bits per heavy atom. The third-order valence-electron chi connectivity index (χ3n) is 4.44. The van der Waals surface area contributed by atoms with Gasteiger partial charge in [-0.05, 0) is 68.1 Å². The van der Waals surface area contributed by atoms with E-state index in [0.29, 0.717) is 11.3 Å². The number of hydrogen-bond donors (Lipinski definition) is 2. The first kappa shape index (κ1) is 21.5. The van der Waals surface area contributed by atoms with Crippen molar-refractivity contribution in [2.75, 3.05) is 11.9 Å². The van der Waals surface area contributed by atoms with Gasteiger partial charge in [-0.3, -0.25) is 4.79 Å². The fourth-order valence-electron chi connectivity index (χ4n) is 2.64. The van der Waals surface area contributed by atoms with Gasteiger partial charge in [-0.25, -0.2) is 17.9 Å². The Hall–Kier alpha value is -2.23. The van der Waals surface area contributed by atoms with E-state index >= 15 is 0 Å². The first-order valence-corrected chi connectivity index (χ1v) is 11.3. The van der Waals surface area contributed by atoms with E-state index in [-0.39, 0.29) is 16.5 Å². The maximum absolute atomic E-state index is 12.4. The fourth-order valence-corrected chi connectivity index (χ4v) is 4.45. The molecule has 0 radical (unpaired) electrons. The van der Waals surface area contributed by atoms with Crippen LogP contribution < -0.4 is 10.0 Å². The minimum absolute atomic E-state index is 0.00288. The van der Waals surface area contributed by atoms with Crippen LogP contribution in [0.2, 0.25) is 0 Å². The molecule has 0 saturated heterocycles. The Balaban J connectivity index is 1.65. The third-order valence-corrected chi connectivity index (χ3v) is 6.45. The number of halogens is 1. The zero-order chi connectivity index (χ0) is 21.2. The summed E-state index contributed by atoms with van der Waals surface area (Å²) in [6.45, 7) is 3.04. The van der Waals surface area contributed by atoms with E-state index in [1.807, 2.05) is 13.0 Å². The number of sulfonamides is 1.